The number of hydrogen-bond donors (Lipinski definition) is 1. The first-order valence-corrected chi connectivity index (χ1v) is 7.73. The van der Waals surface area contributed by atoms with E-state index in [1.165, 1.54) is 4.31 Å². The molecule has 0 fully saturated rings. The average molecular weight is 270 g/mol. The van der Waals surface area contributed by atoms with Crippen LogP contribution >= 0.6 is 0 Å². The Bertz CT molecular complexity index is 477. The highest BCUT2D eigenvalue weighted by Gasteiger charge is 2.18. The highest BCUT2D eigenvalue weighted by molar-refractivity contribution is 7.92. The van der Waals surface area contributed by atoms with Crippen molar-refractivity contribution in [3.63, 3.8) is 0 Å². The second-order valence-electron chi connectivity index (χ2n) is 4.48. The molecular weight excluding hydrogens is 248 g/mol. The highest BCUT2D eigenvalue weighted by Crippen LogP contribution is 2.20. The zero-order valence-corrected chi connectivity index (χ0v) is 12.3. The minimum atomic E-state index is -3.25. The van der Waals surface area contributed by atoms with Crippen molar-refractivity contribution in [1.82, 2.24) is 5.32 Å². The number of nitrogens with zero attached hydrogens (tertiary/aromatic N) is 1. The van der Waals surface area contributed by atoms with Gasteiger partial charge in [0, 0.05) is 13.6 Å². The molecule has 1 N–H and O–H groups in total. The summed E-state index contributed by atoms with van der Waals surface area (Å²) in [6, 6.07) is 5.80. The molecule has 0 aromatic heterocycles. The van der Waals surface area contributed by atoms with Crippen LogP contribution in [0.1, 0.15) is 18.1 Å². The van der Waals surface area contributed by atoms with Gasteiger partial charge in [-0.25, -0.2) is 8.42 Å². The van der Waals surface area contributed by atoms with E-state index in [0.717, 1.165) is 23.4 Å². The number of nitrogens with one attached hydrogen (secondary N) is 1. The van der Waals surface area contributed by atoms with Crippen molar-refractivity contribution in [2.45, 2.75) is 20.8 Å². The molecule has 0 spiro atoms. The van der Waals surface area contributed by atoms with Crippen LogP contribution in [0.4, 0.5) is 5.69 Å². The molecule has 5 heteroatoms. The van der Waals surface area contributed by atoms with Gasteiger partial charge in [-0.3, -0.25) is 4.31 Å². The summed E-state index contributed by atoms with van der Waals surface area (Å²) in [7, 11) is -1.64. The molecule has 0 bridgehead atoms. The van der Waals surface area contributed by atoms with Gasteiger partial charge >= 0.3 is 0 Å². The van der Waals surface area contributed by atoms with Gasteiger partial charge in [-0.15, -0.1) is 0 Å². The number of sulfonamides is 1. The highest BCUT2D eigenvalue weighted by atomic mass is 32.2. The lowest BCUT2D eigenvalue weighted by Crippen LogP contribution is -2.33. The van der Waals surface area contributed by atoms with Crippen molar-refractivity contribution >= 4 is 15.7 Å². The van der Waals surface area contributed by atoms with Crippen LogP contribution < -0.4 is 9.62 Å². The van der Waals surface area contributed by atoms with Crippen LogP contribution in [0.15, 0.2) is 18.2 Å². The first kappa shape index (κ1) is 15.0. The summed E-state index contributed by atoms with van der Waals surface area (Å²) in [6.07, 6.45) is 0. The Morgan fingerprint density at radius 2 is 1.72 bits per heavy atom. The van der Waals surface area contributed by atoms with E-state index in [4.69, 9.17) is 0 Å². The summed E-state index contributed by atoms with van der Waals surface area (Å²) in [5.74, 6) is 0.115. The van der Waals surface area contributed by atoms with Gasteiger partial charge < -0.3 is 5.32 Å². The van der Waals surface area contributed by atoms with Gasteiger partial charge in [-0.1, -0.05) is 13.0 Å². The molecule has 0 aliphatic rings. The largest absolute Gasteiger partial charge is 0.316 e. The molecule has 1 aromatic rings. The second-order valence-corrected chi connectivity index (χ2v) is 6.60. The summed E-state index contributed by atoms with van der Waals surface area (Å²) >= 11 is 0. The number of hydrogen-bond acceptors (Lipinski definition) is 3. The summed E-state index contributed by atoms with van der Waals surface area (Å²) < 4.78 is 25.6. The zero-order valence-electron chi connectivity index (χ0n) is 11.5. The number of anilines is 1. The number of benzene rings is 1. The fourth-order valence-corrected chi connectivity index (χ4v) is 2.91. The number of aryl methyl sites for hydroxylation is 2. The maximum absolute atomic E-state index is 12.1. The topological polar surface area (TPSA) is 49.4 Å². The third-order valence-electron chi connectivity index (χ3n) is 2.77. The van der Waals surface area contributed by atoms with E-state index in [-0.39, 0.29) is 5.75 Å². The lowest BCUT2D eigenvalue weighted by atomic mass is 10.1. The summed E-state index contributed by atoms with van der Waals surface area (Å²) in [6.45, 7) is 7.15. The summed E-state index contributed by atoms with van der Waals surface area (Å²) in [5.41, 5.74) is 2.86. The Hall–Kier alpha value is -1.07. The lowest BCUT2D eigenvalue weighted by molar-refractivity contribution is 0.590. The Labute approximate surface area is 110 Å². The van der Waals surface area contributed by atoms with Crippen molar-refractivity contribution in [1.29, 1.82) is 0 Å². The third-order valence-corrected chi connectivity index (χ3v) is 4.54. The minimum Gasteiger partial charge on any atom is -0.316 e. The van der Waals surface area contributed by atoms with Crippen molar-refractivity contribution < 1.29 is 8.42 Å². The molecule has 0 radical (unpaired) electrons. The Kier molecular flexibility index (Phi) is 5.16. The van der Waals surface area contributed by atoms with Gasteiger partial charge in [0.05, 0.1) is 11.4 Å². The normalized spacial score (nSPS) is 11.6. The average Bonchev–Trinajstić information content (AvgIpc) is 2.27. The SMILES string of the molecule is CCNCCS(=O)(=O)N(C)c1cc(C)cc(C)c1. The van der Waals surface area contributed by atoms with Crippen LogP contribution in [-0.2, 0) is 10.0 Å². The molecular formula is C13H22N2O2S. The van der Waals surface area contributed by atoms with E-state index >= 15 is 0 Å². The van der Waals surface area contributed by atoms with Gasteiger partial charge in [0.2, 0.25) is 10.0 Å². The molecule has 0 heterocycles. The van der Waals surface area contributed by atoms with Crippen LogP contribution in [0, 0.1) is 13.8 Å². The predicted octanol–water partition coefficient (Wildman–Crippen LogP) is 1.68. The quantitative estimate of drug-likeness (QED) is 0.800. The van der Waals surface area contributed by atoms with Gasteiger partial charge in [0.1, 0.15) is 0 Å². The molecule has 0 saturated heterocycles. The number of rotatable bonds is 6. The van der Waals surface area contributed by atoms with Crippen molar-refractivity contribution in [3.05, 3.63) is 29.3 Å². The minimum absolute atomic E-state index is 0.115. The van der Waals surface area contributed by atoms with Crippen molar-refractivity contribution in [2.24, 2.45) is 0 Å². The van der Waals surface area contributed by atoms with Crippen LogP contribution in [0.25, 0.3) is 0 Å². The van der Waals surface area contributed by atoms with E-state index in [9.17, 15) is 8.42 Å². The third kappa shape index (κ3) is 3.99. The van der Waals surface area contributed by atoms with Crippen molar-refractivity contribution in [2.75, 3.05) is 30.2 Å². The fraction of sp³-hybridized carbons (Fsp3) is 0.538. The lowest BCUT2D eigenvalue weighted by Gasteiger charge is -2.20. The maximum Gasteiger partial charge on any atom is 0.236 e. The molecule has 0 saturated carbocycles. The molecule has 0 aliphatic carbocycles. The Balaban J connectivity index is 2.88. The molecule has 18 heavy (non-hydrogen) atoms. The molecule has 4 nitrogen and oxygen atoms in total. The van der Waals surface area contributed by atoms with E-state index < -0.39 is 10.0 Å². The van der Waals surface area contributed by atoms with E-state index in [1.807, 2.05) is 39.0 Å². The maximum atomic E-state index is 12.1. The molecule has 0 unspecified atom stereocenters. The van der Waals surface area contributed by atoms with Crippen LogP contribution in [0.2, 0.25) is 0 Å². The van der Waals surface area contributed by atoms with E-state index in [0.29, 0.717) is 6.54 Å². The molecule has 1 aromatic carbocycles. The molecule has 1 rings (SSSR count). The van der Waals surface area contributed by atoms with Gasteiger partial charge in [0.25, 0.3) is 0 Å². The second kappa shape index (κ2) is 6.20. The standard InChI is InChI=1S/C13H22N2O2S/c1-5-14-6-7-18(16,17)15(4)13-9-11(2)8-12(3)10-13/h8-10,14H,5-7H2,1-4H3. The first-order valence-electron chi connectivity index (χ1n) is 6.12. The molecule has 0 atom stereocenters. The predicted molar refractivity (Wildman–Crippen MR) is 76.6 cm³/mol. The van der Waals surface area contributed by atoms with E-state index in [2.05, 4.69) is 5.32 Å². The molecule has 102 valence electrons. The van der Waals surface area contributed by atoms with Crippen molar-refractivity contribution in [3.8, 4) is 0 Å². The monoisotopic (exact) mass is 270 g/mol. The summed E-state index contributed by atoms with van der Waals surface area (Å²) in [4.78, 5) is 0. The van der Waals surface area contributed by atoms with Gasteiger partial charge in [-0.05, 0) is 43.7 Å². The fourth-order valence-electron chi connectivity index (χ4n) is 1.81. The Morgan fingerprint density at radius 1 is 1.17 bits per heavy atom. The van der Waals surface area contributed by atoms with Crippen LogP contribution in [0.3, 0.4) is 0 Å². The molecule has 0 amide bonds. The van der Waals surface area contributed by atoms with Gasteiger partial charge in [-0.2, -0.15) is 0 Å². The van der Waals surface area contributed by atoms with Gasteiger partial charge in [0.15, 0.2) is 0 Å². The summed E-state index contributed by atoms with van der Waals surface area (Å²) in [5, 5.41) is 3.03. The smallest absolute Gasteiger partial charge is 0.236 e. The van der Waals surface area contributed by atoms with E-state index in [1.54, 1.807) is 7.05 Å². The first-order chi connectivity index (χ1) is 8.36. The Morgan fingerprint density at radius 3 is 2.22 bits per heavy atom. The van der Waals surface area contributed by atoms with Crippen LogP contribution in [-0.4, -0.2) is 34.3 Å². The zero-order chi connectivity index (χ0) is 13.8. The molecule has 0 aliphatic heterocycles. The van der Waals surface area contributed by atoms with Crippen LogP contribution in [0.5, 0.6) is 0 Å².